The summed E-state index contributed by atoms with van der Waals surface area (Å²) in [5.41, 5.74) is 0. The molecular formula is C57H88O6. The zero-order valence-electron chi connectivity index (χ0n) is 40.0. The highest BCUT2D eigenvalue weighted by Crippen LogP contribution is 2.13. The molecule has 352 valence electrons. The second-order valence-electron chi connectivity index (χ2n) is 15.7. The Morgan fingerprint density at radius 1 is 0.333 bits per heavy atom. The zero-order chi connectivity index (χ0) is 45.8. The molecule has 1 atom stereocenters. The molecule has 0 aromatic rings. The summed E-state index contributed by atoms with van der Waals surface area (Å²) in [5.74, 6) is -1.02. The monoisotopic (exact) mass is 869 g/mol. The molecule has 0 aromatic carbocycles. The van der Waals surface area contributed by atoms with Gasteiger partial charge in [-0.3, -0.25) is 14.4 Å². The van der Waals surface area contributed by atoms with Gasteiger partial charge in [-0.25, -0.2) is 0 Å². The summed E-state index contributed by atoms with van der Waals surface area (Å²) in [6.45, 7) is 6.15. The third-order valence-corrected chi connectivity index (χ3v) is 9.75. The van der Waals surface area contributed by atoms with E-state index < -0.39 is 6.10 Å². The maximum Gasteiger partial charge on any atom is 0.306 e. The van der Waals surface area contributed by atoms with Crippen LogP contribution in [-0.4, -0.2) is 37.2 Å². The van der Waals surface area contributed by atoms with Crippen LogP contribution in [0.1, 0.15) is 188 Å². The maximum atomic E-state index is 12.8. The van der Waals surface area contributed by atoms with Crippen molar-refractivity contribution in [3.8, 4) is 0 Å². The number of hydrogen-bond acceptors (Lipinski definition) is 6. The predicted octanol–water partition coefficient (Wildman–Crippen LogP) is 16.3. The Balaban J connectivity index is 4.55. The summed E-state index contributed by atoms with van der Waals surface area (Å²) in [5, 5.41) is 0. The molecule has 63 heavy (non-hydrogen) atoms. The van der Waals surface area contributed by atoms with Crippen LogP contribution in [0.3, 0.4) is 0 Å². The van der Waals surface area contributed by atoms with Crippen LogP contribution in [0.15, 0.2) is 134 Å². The number of hydrogen-bond donors (Lipinski definition) is 0. The van der Waals surface area contributed by atoms with E-state index in [1.165, 1.54) is 19.3 Å². The number of esters is 3. The highest BCUT2D eigenvalue weighted by Gasteiger charge is 2.19. The topological polar surface area (TPSA) is 78.9 Å². The highest BCUT2D eigenvalue weighted by atomic mass is 16.6. The van der Waals surface area contributed by atoms with Crippen molar-refractivity contribution in [2.24, 2.45) is 0 Å². The summed E-state index contributed by atoms with van der Waals surface area (Å²) >= 11 is 0. The van der Waals surface area contributed by atoms with Crippen LogP contribution in [0.25, 0.3) is 0 Å². The lowest BCUT2D eigenvalue weighted by atomic mass is 10.1. The molecule has 0 bridgehead atoms. The Morgan fingerprint density at radius 2 is 0.667 bits per heavy atom. The van der Waals surface area contributed by atoms with Gasteiger partial charge in [-0.2, -0.15) is 0 Å². The molecule has 0 saturated heterocycles. The van der Waals surface area contributed by atoms with Gasteiger partial charge in [-0.05, 0) is 96.3 Å². The molecule has 0 amide bonds. The van der Waals surface area contributed by atoms with Crippen molar-refractivity contribution in [3.05, 3.63) is 134 Å². The smallest absolute Gasteiger partial charge is 0.306 e. The van der Waals surface area contributed by atoms with E-state index in [-0.39, 0.29) is 37.5 Å². The van der Waals surface area contributed by atoms with Crippen LogP contribution in [0.2, 0.25) is 0 Å². The van der Waals surface area contributed by atoms with Gasteiger partial charge in [0.1, 0.15) is 13.2 Å². The van der Waals surface area contributed by atoms with Crippen molar-refractivity contribution in [1.82, 2.24) is 0 Å². The van der Waals surface area contributed by atoms with Crippen molar-refractivity contribution in [3.63, 3.8) is 0 Å². The molecule has 0 fully saturated rings. The van der Waals surface area contributed by atoms with Gasteiger partial charge in [0.15, 0.2) is 6.10 Å². The normalized spacial score (nSPS) is 13.3. The van der Waals surface area contributed by atoms with Crippen molar-refractivity contribution < 1.29 is 28.6 Å². The van der Waals surface area contributed by atoms with Crippen molar-refractivity contribution in [2.45, 2.75) is 194 Å². The Hall–Kier alpha value is -4.45. The second kappa shape index (κ2) is 50.2. The van der Waals surface area contributed by atoms with Gasteiger partial charge in [0.05, 0.1) is 0 Å². The minimum atomic E-state index is -0.820. The average molecular weight is 869 g/mol. The molecule has 0 rings (SSSR count). The van der Waals surface area contributed by atoms with E-state index >= 15 is 0 Å². The summed E-state index contributed by atoms with van der Waals surface area (Å²) in [6.07, 6.45) is 70.1. The van der Waals surface area contributed by atoms with Crippen molar-refractivity contribution in [1.29, 1.82) is 0 Å². The second-order valence-corrected chi connectivity index (χ2v) is 15.7. The van der Waals surface area contributed by atoms with E-state index in [9.17, 15) is 14.4 Å². The molecule has 0 spiro atoms. The lowest BCUT2D eigenvalue weighted by Gasteiger charge is -2.18. The average Bonchev–Trinajstić information content (AvgIpc) is 3.28. The van der Waals surface area contributed by atoms with E-state index in [0.29, 0.717) is 19.3 Å². The summed E-state index contributed by atoms with van der Waals surface area (Å²) < 4.78 is 16.7. The van der Waals surface area contributed by atoms with E-state index in [1.54, 1.807) is 0 Å². The van der Waals surface area contributed by atoms with Crippen LogP contribution >= 0.6 is 0 Å². The van der Waals surface area contributed by atoms with Gasteiger partial charge < -0.3 is 14.2 Å². The molecule has 1 unspecified atom stereocenters. The fourth-order valence-electron chi connectivity index (χ4n) is 6.12. The summed E-state index contributed by atoms with van der Waals surface area (Å²) in [6, 6.07) is 0. The lowest BCUT2D eigenvalue weighted by Crippen LogP contribution is -2.30. The Morgan fingerprint density at radius 3 is 1.11 bits per heavy atom. The third kappa shape index (κ3) is 48.4. The van der Waals surface area contributed by atoms with Gasteiger partial charge in [-0.15, -0.1) is 0 Å². The fourth-order valence-corrected chi connectivity index (χ4v) is 6.12. The Labute approximate surface area is 385 Å². The molecule has 0 aromatic heterocycles. The number of rotatable bonds is 42. The van der Waals surface area contributed by atoms with Crippen molar-refractivity contribution in [2.75, 3.05) is 13.2 Å². The summed E-state index contributed by atoms with van der Waals surface area (Å²) in [7, 11) is 0. The van der Waals surface area contributed by atoms with Gasteiger partial charge in [0, 0.05) is 19.3 Å². The minimum Gasteiger partial charge on any atom is -0.462 e. The molecule has 6 heteroatoms. The Bertz CT molecular complexity index is 1420. The van der Waals surface area contributed by atoms with E-state index in [0.717, 1.165) is 122 Å². The quantitative estimate of drug-likeness (QED) is 0.0200. The van der Waals surface area contributed by atoms with E-state index in [2.05, 4.69) is 148 Å². The molecule has 0 aliphatic rings. The SMILES string of the molecule is CC/C=C/C=C/C=C/CCCCCCCCCC(=O)OC(COC(=O)CCC/C=C/C/C=C/C/C=C/C/C=C/C/C=C/CC)COC(=O)CCCCCCC/C=C/C=C/C=C/CC. The van der Waals surface area contributed by atoms with E-state index in [4.69, 9.17) is 14.2 Å². The fraction of sp³-hybridized carbons (Fsp3) is 0.561. The number of carbonyl (C=O) groups excluding carboxylic acids is 3. The molecule has 0 radical (unpaired) electrons. The van der Waals surface area contributed by atoms with Crippen LogP contribution in [-0.2, 0) is 28.6 Å². The molecular weight excluding hydrogens is 781 g/mol. The first-order valence-electron chi connectivity index (χ1n) is 24.8. The number of allylic oxidation sites excluding steroid dienone is 22. The van der Waals surface area contributed by atoms with Gasteiger partial charge in [0.25, 0.3) is 0 Å². The number of unbranched alkanes of at least 4 members (excludes halogenated alkanes) is 13. The molecule has 0 aliphatic carbocycles. The number of carbonyl (C=O) groups is 3. The first-order chi connectivity index (χ1) is 31.0. The predicted molar refractivity (Wildman–Crippen MR) is 269 cm³/mol. The zero-order valence-corrected chi connectivity index (χ0v) is 40.0. The van der Waals surface area contributed by atoms with Gasteiger partial charge in [-0.1, -0.05) is 206 Å². The standard InChI is InChI=1S/C57H88O6/c1-4-7-10-13-16-19-22-25-27-28-30-32-35-38-41-44-47-50-56(59)62-53-54(52-61-55(58)49-46-43-40-37-34-31-24-21-18-15-12-9-6-3)63-57(60)51-48-45-42-39-36-33-29-26-23-20-17-14-11-8-5-2/h7-12,14-21,23-25,27,30,32,38,41,54H,4-6,13,22,26,28-29,31,33-37,39-40,42-53H2,1-3H3/b10-7+,11-8+,12-9+,17-14+,18-15+,19-16+,23-20+,24-21+,27-25+,32-30+,41-38+. The van der Waals surface area contributed by atoms with E-state index in [1.807, 2.05) is 6.08 Å². The van der Waals surface area contributed by atoms with Crippen LogP contribution < -0.4 is 0 Å². The first kappa shape index (κ1) is 58.6. The maximum absolute atomic E-state index is 12.8. The van der Waals surface area contributed by atoms with Gasteiger partial charge in [0.2, 0.25) is 0 Å². The number of ether oxygens (including phenoxy) is 3. The minimum absolute atomic E-state index is 0.117. The van der Waals surface area contributed by atoms with Gasteiger partial charge >= 0.3 is 17.9 Å². The molecule has 6 nitrogen and oxygen atoms in total. The molecule has 0 aliphatic heterocycles. The third-order valence-electron chi connectivity index (χ3n) is 9.75. The largest absolute Gasteiger partial charge is 0.462 e. The molecule has 0 heterocycles. The highest BCUT2D eigenvalue weighted by molar-refractivity contribution is 5.71. The first-order valence-corrected chi connectivity index (χ1v) is 24.8. The van der Waals surface area contributed by atoms with Crippen LogP contribution in [0.4, 0.5) is 0 Å². The lowest BCUT2D eigenvalue weighted by molar-refractivity contribution is -0.167. The molecule has 0 N–H and O–H groups in total. The van der Waals surface area contributed by atoms with Crippen LogP contribution in [0.5, 0.6) is 0 Å². The summed E-state index contributed by atoms with van der Waals surface area (Å²) in [4.78, 5) is 37.9. The molecule has 0 saturated carbocycles. The van der Waals surface area contributed by atoms with Crippen molar-refractivity contribution >= 4 is 17.9 Å². The van der Waals surface area contributed by atoms with Crippen LogP contribution in [0, 0.1) is 0 Å². The Kier molecular flexibility index (Phi) is 46.7.